The molecular formula is C21H42N2O. The molecule has 0 aliphatic carbocycles. The maximum atomic E-state index is 9.89. The van der Waals surface area contributed by atoms with Gasteiger partial charge in [0.2, 0.25) is 0 Å². The zero-order chi connectivity index (χ0) is 17.5. The molecule has 3 heteroatoms. The summed E-state index contributed by atoms with van der Waals surface area (Å²) in [4.78, 5) is 4.57. The van der Waals surface area contributed by atoms with Crippen LogP contribution < -0.4 is 5.32 Å². The molecule has 0 saturated heterocycles. The monoisotopic (exact) mass is 338 g/mol. The third-order valence-electron chi connectivity index (χ3n) is 5.66. The lowest BCUT2D eigenvalue weighted by Gasteiger charge is -2.31. The van der Waals surface area contributed by atoms with E-state index in [1.54, 1.807) is 0 Å². The van der Waals surface area contributed by atoms with Gasteiger partial charge in [0, 0.05) is 6.54 Å². The predicted molar refractivity (Wildman–Crippen MR) is 106 cm³/mol. The molecule has 1 atom stereocenters. The number of aliphatic imine (C=N–C) groups is 1. The number of nitrogens with zero attached hydrogens (tertiary/aromatic N) is 1. The summed E-state index contributed by atoms with van der Waals surface area (Å²) in [6.45, 7) is 6.50. The number of hydrogen-bond acceptors (Lipinski definition) is 3. The van der Waals surface area contributed by atoms with Crippen molar-refractivity contribution in [3.8, 4) is 0 Å². The third kappa shape index (κ3) is 8.00. The SMILES string of the molecule is CCCCCCCCCCCCCCC(CC)(CO)C1=NCCN1. The van der Waals surface area contributed by atoms with E-state index in [2.05, 4.69) is 24.2 Å². The molecule has 142 valence electrons. The predicted octanol–water partition coefficient (Wildman–Crippen LogP) is 5.47. The van der Waals surface area contributed by atoms with Crippen molar-refractivity contribution in [2.75, 3.05) is 19.7 Å². The van der Waals surface area contributed by atoms with Gasteiger partial charge >= 0.3 is 0 Å². The fraction of sp³-hybridized carbons (Fsp3) is 0.952. The molecule has 3 nitrogen and oxygen atoms in total. The highest BCUT2D eigenvalue weighted by molar-refractivity contribution is 5.89. The zero-order valence-corrected chi connectivity index (χ0v) is 16.4. The standard InChI is InChI=1S/C21H42N2O/c1-3-5-6-7-8-9-10-11-12-13-14-15-16-21(4-2,19-24)20-22-17-18-23-20/h24H,3-19H2,1-2H3,(H,22,23). The Morgan fingerprint density at radius 1 is 0.875 bits per heavy atom. The van der Waals surface area contributed by atoms with Crippen LogP contribution >= 0.6 is 0 Å². The van der Waals surface area contributed by atoms with Gasteiger partial charge in [0.25, 0.3) is 0 Å². The summed E-state index contributed by atoms with van der Waals surface area (Å²) in [5, 5.41) is 13.3. The van der Waals surface area contributed by atoms with Gasteiger partial charge in [-0.25, -0.2) is 0 Å². The summed E-state index contributed by atoms with van der Waals surface area (Å²) in [7, 11) is 0. The lowest BCUT2D eigenvalue weighted by Crippen LogP contribution is -2.41. The Balaban J connectivity index is 2.00. The van der Waals surface area contributed by atoms with Crippen LogP contribution in [0.2, 0.25) is 0 Å². The van der Waals surface area contributed by atoms with Crippen LogP contribution in [0.4, 0.5) is 0 Å². The maximum Gasteiger partial charge on any atom is 0.105 e. The van der Waals surface area contributed by atoms with Crippen LogP contribution in [0.1, 0.15) is 104 Å². The molecule has 0 fully saturated rings. The van der Waals surface area contributed by atoms with Crippen molar-refractivity contribution in [1.82, 2.24) is 5.32 Å². The molecule has 1 rings (SSSR count). The maximum absolute atomic E-state index is 9.89. The third-order valence-corrected chi connectivity index (χ3v) is 5.66. The Hall–Kier alpha value is -0.570. The normalized spacial score (nSPS) is 16.7. The summed E-state index contributed by atoms with van der Waals surface area (Å²) in [5.74, 6) is 1.07. The highest BCUT2D eigenvalue weighted by Gasteiger charge is 2.34. The summed E-state index contributed by atoms with van der Waals surface area (Å²) in [5.41, 5.74) is -0.102. The topological polar surface area (TPSA) is 44.6 Å². The molecule has 0 spiro atoms. The van der Waals surface area contributed by atoms with Gasteiger partial charge in [0.05, 0.1) is 18.6 Å². The second-order valence-electron chi connectivity index (χ2n) is 7.59. The molecule has 0 radical (unpaired) electrons. The molecule has 1 unspecified atom stereocenters. The molecule has 2 N–H and O–H groups in total. The van der Waals surface area contributed by atoms with Gasteiger partial charge in [0.1, 0.15) is 5.84 Å². The molecule has 1 aliphatic rings. The van der Waals surface area contributed by atoms with Crippen molar-refractivity contribution in [2.45, 2.75) is 104 Å². The molecule has 0 saturated carbocycles. The minimum atomic E-state index is -0.102. The van der Waals surface area contributed by atoms with Crippen molar-refractivity contribution in [2.24, 2.45) is 10.4 Å². The van der Waals surface area contributed by atoms with Crippen molar-refractivity contribution < 1.29 is 5.11 Å². The van der Waals surface area contributed by atoms with E-state index in [-0.39, 0.29) is 12.0 Å². The molecule has 0 aromatic heterocycles. The lowest BCUT2D eigenvalue weighted by atomic mass is 9.79. The van der Waals surface area contributed by atoms with E-state index in [0.29, 0.717) is 0 Å². The number of rotatable bonds is 16. The Bertz CT molecular complexity index is 324. The van der Waals surface area contributed by atoms with Gasteiger partial charge in [-0.05, 0) is 12.8 Å². The summed E-state index contributed by atoms with van der Waals surface area (Å²) in [6.07, 6.45) is 18.6. The summed E-state index contributed by atoms with van der Waals surface area (Å²) in [6, 6.07) is 0. The van der Waals surface area contributed by atoms with Crippen molar-refractivity contribution in [3.05, 3.63) is 0 Å². The first kappa shape index (κ1) is 21.5. The first-order valence-electron chi connectivity index (χ1n) is 10.7. The quantitative estimate of drug-likeness (QED) is 0.367. The minimum absolute atomic E-state index is 0.102. The van der Waals surface area contributed by atoms with E-state index < -0.39 is 0 Å². The number of amidine groups is 1. The van der Waals surface area contributed by atoms with E-state index in [4.69, 9.17) is 0 Å². The van der Waals surface area contributed by atoms with Gasteiger partial charge in [0.15, 0.2) is 0 Å². The fourth-order valence-corrected chi connectivity index (χ4v) is 3.79. The molecular weight excluding hydrogens is 296 g/mol. The smallest absolute Gasteiger partial charge is 0.105 e. The van der Waals surface area contributed by atoms with Crippen molar-refractivity contribution >= 4 is 5.84 Å². The van der Waals surface area contributed by atoms with Gasteiger partial charge < -0.3 is 10.4 Å². The number of aliphatic hydroxyl groups is 1. The van der Waals surface area contributed by atoms with Crippen LogP contribution in [0.25, 0.3) is 0 Å². The van der Waals surface area contributed by atoms with Crippen molar-refractivity contribution in [1.29, 1.82) is 0 Å². The van der Waals surface area contributed by atoms with Crippen LogP contribution in [0.15, 0.2) is 4.99 Å². The molecule has 24 heavy (non-hydrogen) atoms. The number of nitrogens with one attached hydrogen (secondary N) is 1. The number of unbranched alkanes of at least 4 members (excludes halogenated alkanes) is 11. The molecule has 0 aromatic carbocycles. The first-order chi connectivity index (χ1) is 11.8. The minimum Gasteiger partial charge on any atom is -0.395 e. The Morgan fingerprint density at radius 3 is 1.83 bits per heavy atom. The first-order valence-corrected chi connectivity index (χ1v) is 10.7. The van der Waals surface area contributed by atoms with Gasteiger partial charge in [-0.3, -0.25) is 4.99 Å². The molecule has 0 amide bonds. The second-order valence-corrected chi connectivity index (χ2v) is 7.59. The van der Waals surface area contributed by atoms with Crippen LogP contribution in [0.5, 0.6) is 0 Å². The van der Waals surface area contributed by atoms with Gasteiger partial charge in [-0.1, -0.05) is 90.9 Å². The Labute approximate surface area is 150 Å². The molecule has 1 aliphatic heterocycles. The molecule has 0 bridgehead atoms. The van der Waals surface area contributed by atoms with Crippen LogP contribution in [-0.2, 0) is 0 Å². The highest BCUT2D eigenvalue weighted by Crippen LogP contribution is 2.31. The van der Waals surface area contributed by atoms with Gasteiger partial charge in [-0.15, -0.1) is 0 Å². The Morgan fingerprint density at radius 2 is 1.42 bits per heavy atom. The van der Waals surface area contributed by atoms with E-state index in [0.717, 1.165) is 31.8 Å². The number of hydrogen-bond donors (Lipinski definition) is 2. The van der Waals surface area contributed by atoms with Gasteiger partial charge in [-0.2, -0.15) is 0 Å². The van der Waals surface area contributed by atoms with Crippen LogP contribution in [0, 0.1) is 5.41 Å². The summed E-state index contributed by atoms with van der Waals surface area (Å²) >= 11 is 0. The average molecular weight is 339 g/mol. The van der Waals surface area contributed by atoms with E-state index in [1.807, 2.05) is 0 Å². The van der Waals surface area contributed by atoms with Crippen LogP contribution in [0.3, 0.4) is 0 Å². The average Bonchev–Trinajstić information content (AvgIpc) is 3.15. The van der Waals surface area contributed by atoms with E-state index in [1.165, 1.54) is 77.0 Å². The Kier molecular flexibility index (Phi) is 12.2. The highest BCUT2D eigenvalue weighted by atomic mass is 16.3. The summed E-state index contributed by atoms with van der Waals surface area (Å²) < 4.78 is 0. The molecule has 0 aromatic rings. The second kappa shape index (κ2) is 13.7. The van der Waals surface area contributed by atoms with Crippen LogP contribution in [-0.4, -0.2) is 30.6 Å². The molecule has 1 heterocycles. The van der Waals surface area contributed by atoms with E-state index in [9.17, 15) is 5.11 Å². The van der Waals surface area contributed by atoms with Crippen molar-refractivity contribution in [3.63, 3.8) is 0 Å². The van der Waals surface area contributed by atoms with E-state index >= 15 is 0 Å². The lowest BCUT2D eigenvalue weighted by molar-refractivity contribution is 0.165. The fourth-order valence-electron chi connectivity index (χ4n) is 3.79. The number of aliphatic hydroxyl groups excluding tert-OH is 1. The zero-order valence-electron chi connectivity index (χ0n) is 16.4. The largest absolute Gasteiger partial charge is 0.395 e.